The molecule has 4 aromatic rings. The zero-order valence-corrected chi connectivity index (χ0v) is 22.7. The molecule has 2 aromatic carbocycles. The second-order valence-electron chi connectivity index (χ2n) is 10.7. The van der Waals surface area contributed by atoms with E-state index in [0.29, 0.717) is 48.7 Å². The molecule has 1 saturated heterocycles. The second-order valence-corrected chi connectivity index (χ2v) is 10.7. The topological polar surface area (TPSA) is 89.7 Å². The van der Waals surface area contributed by atoms with E-state index in [1.807, 2.05) is 24.0 Å². The molecule has 12 heteroatoms. The van der Waals surface area contributed by atoms with Crippen LogP contribution in [-0.4, -0.2) is 49.8 Å². The van der Waals surface area contributed by atoms with E-state index < -0.39 is 35.0 Å². The summed E-state index contributed by atoms with van der Waals surface area (Å²) in [5.74, 6) is -2.20. The molecule has 1 fully saturated rings. The molecular weight excluding hydrogens is 556 g/mol. The summed E-state index contributed by atoms with van der Waals surface area (Å²) >= 11 is 0. The van der Waals surface area contributed by atoms with Gasteiger partial charge in [-0.3, -0.25) is 4.90 Å². The number of aryl methyl sites for hydroxylation is 1. The van der Waals surface area contributed by atoms with E-state index in [-0.39, 0.29) is 31.3 Å². The van der Waals surface area contributed by atoms with Crippen molar-refractivity contribution < 1.29 is 36.9 Å². The number of carboxylic acid groups (broad SMARTS) is 1. The lowest BCUT2D eigenvalue weighted by Gasteiger charge is -2.30. The van der Waals surface area contributed by atoms with Crippen LogP contribution in [0.15, 0.2) is 42.5 Å². The van der Waals surface area contributed by atoms with Gasteiger partial charge in [0.2, 0.25) is 5.88 Å². The number of hydrogen-bond donors (Lipinski definition) is 1. The Bertz CT molecular complexity index is 1650. The Morgan fingerprint density at radius 2 is 1.93 bits per heavy atom. The molecule has 1 N–H and O–H groups in total. The molecule has 0 aliphatic carbocycles. The summed E-state index contributed by atoms with van der Waals surface area (Å²) in [6.07, 6.45) is -3.66. The number of rotatable bonds is 8. The van der Waals surface area contributed by atoms with E-state index in [1.165, 1.54) is 12.1 Å². The standard InChI is InChI=1S/C30H28F4N4O4/c1-17-2-4-18(5-3-17)16-42-28-22(30(32,33)34)12-19-8-10-37(14-24(19)36-28)15-25-35-23-7-6-21(29(39)40)26(31)27(23)38(25)13-20-9-11-41-20/h2-7,12,20H,8-11,13-16H2,1H3,(H,39,40)/t20-/m0/s1. The van der Waals surface area contributed by atoms with E-state index in [1.54, 1.807) is 16.7 Å². The van der Waals surface area contributed by atoms with Crippen LogP contribution in [0.4, 0.5) is 17.6 Å². The minimum Gasteiger partial charge on any atom is -0.478 e. The fraction of sp³-hybridized carbons (Fsp3) is 0.367. The number of alkyl halides is 3. The first-order valence-corrected chi connectivity index (χ1v) is 13.6. The number of hydrogen-bond acceptors (Lipinski definition) is 6. The number of pyridine rings is 1. The maximum Gasteiger partial charge on any atom is 0.421 e. The molecule has 1 atom stereocenters. The van der Waals surface area contributed by atoms with E-state index in [0.717, 1.165) is 23.6 Å². The molecule has 2 aliphatic rings. The first-order chi connectivity index (χ1) is 20.1. The van der Waals surface area contributed by atoms with Crippen LogP contribution >= 0.6 is 0 Å². The van der Waals surface area contributed by atoms with Crippen molar-refractivity contribution >= 4 is 17.0 Å². The number of fused-ring (bicyclic) bond motifs is 2. The van der Waals surface area contributed by atoms with Crippen molar-refractivity contribution in [3.8, 4) is 5.88 Å². The van der Waals surface area contributed by atoms with Crippen molar-refractivity contribution in [1.82, 2.24) is 19.4 Å². The zero-order chi connectivity index (χ0) is 29.6. The Labute approximate surface area is 238 Å². The van der Waals surface area contributed by atoms with Crippen molar-refractivity contribution in [1.29, 1.82) is 0 Å². The molecule has 0 spiro atoms. The number of halogens is 4. The normalized spacial score (nSPS) is 17.2. The molecule has 220 valence electrons. The molecule has 0 amide bonds. The summed E-state index contributed by atoms with van der Waals surface area (Å²) in [6.45, 7) is 3.69. The maximum absolute atomic E-state index is 15.3. The number of carboxylic acids is 1. The summed E-state index contributed by atoms with van der Waals surface area (Å²) in [5.41, 5.74) is 1.78. The van der Waals surface area contributed by atoms with E-state index >= 15 is 4.39 Å². The Balaban J connectivity index is 1.28. The van der Waals surface area contributed by atoms with Crippen LogP contribution < -0.4 is 4.74 Å². The highest BCUT2D eigenvalue weighted by Crippen LogP contribution is 2.38. The van der Waals surface area contributed by atoms with Crippen molar-refractivity contribution in [3.05, 3.63) is 87.6 Å². The summed E-state index contributed by atoms with van der Waals surface area (Å²) in [4.78, 5) is 22.5. The van der Waals surface area contributed by atoms with E-state index in [4.69, 9.17) is 9.47 Å². The van der Waals surface area contributed by atoms with Gasteiger partial charge >= 0.3 is 12.1 Å². The highest BCUT2D eigenvalue weighted by atomic mass is 19.4. The molecule has 2 aliphatic heterocycles. The van der Waals surface area contributed by atoms with Gasteiger partial charge in [-0.15, -0.1) is 0 Å². The van der Waals surface area contributed by atoms with Gasteiger partial charge in [0.1, 0.15) is 23.5 Å². The molecule has 2 aromatic heterocycles. The maximum atomic E-state index is 15.3. The minimum absolute atomic E-state index is 0.0595. The van der Waals surface area contributed by atoms with Crippen molar-refractivity contribution in [2.45, 2.75) is 58.3 Å². The van der Waals surface area contributed by atoms with Crippen LogP contribution in [0, 0.1) is 12.7 Å². The average molecular weight is 585 g/mol. The van der Waals surface area contributed by atoms with Gasteiger partial charge in [-0.05, 0) is 49.1 Å². The summed E-state index contributed by atoms with van der Waals surface area (Å²) in [6, 6.07) is 11.1. The van der Waals surface area contributed by atoms with Gasteiger partial charge < -0.3 is 19.1 Å². The lowest BCUT2D eigenvalue weighted by atomic mass is 10.0. The number of benzene rings is 2. The molecule has 0 bridgehead atoms. The monoisotopic (exact) mass is 584 g/mol. The van der Waals surface area contributed by atoms with Crippen molar-refractivity contribution in [3.63, 3.8) is 0 Å². The number of aromatic carboxylic acids is 1. The lowest BCUT2D eigenvalue weighted by Crippen LogP contribution is -2.35. The molecule has 42 heavy (non-hydrogen) atoms. The van der Waals surface area contributed by atoms with Crippen molar-refractivity contribution in [2.75, 3.05) is 13.2 Å². The SMILES string of the molecule is Cc1ccc(COc2nc3c(cc2C(F)(F)F)CCN(Cc2nc4ccc(C(=O)O)c(F)c4n2C[C@@H]2CCO2)C3)cc1. The Morgan fingerprint density at radius 3 is 2.60 bits per heavy atom. The van der Waals surface area contributed by atoms with Gasteiger partial charge in [0.25, 0.3) is 0 Å². The highest BCUT2D eigenvalue weighted by Gasteiger charge is 2.37. The van der Waals surface area contributed by atoms with Gasteiger partial charge in [-0.1, -0.05) is 29.8 Å². The Kier molecular flexibility index (Phi) is 7.36. The Morgan fingerprint density at radius 1 is 1.17 bits per heavy atom. The molecule has 0 saturated carbocycles. The van der Waals surface area contributed by atoms with Gasteiger partial charge in [-0.25, -0.2) is 19.2 Å². The molecule has 4 heterocycles. The van der Waals surface area contributed by atoms with Crippen molar-refractivity contribution in [2.24, 2.45) is 0 Å². The van der Waals surface area contributed by atoms with Gasteiger partial charge in [0.05, 0.1) is 36.0 Å². The molecule has 8 nitrogen and oxygen atoms in total. The van der Waals surface area contributed by atoms with Gasteiger partial charge in [-0.2, -0.15) is 13.2 Å². The second kappa shape index (κ2) is 11.0. The summed E-state index contributed by atoms with van der Waals surface area (Å²) < 4.78 is 70.0. The summed E-state index contributed by atoms with van der Waals surface area (Å²) in [7, 11) is 0. The lowest BCUT2D eigenvalue weighted by molar-refractivity contribution is -0.139. The first kappa shape index (κ1) is 28.1. The summed E-state index contributed by atoms with van der Waals surface area (Å²) in [5, 5.41) is 9.43. The minimum atomic E-state index is -4.63. The molecule has 0 unspecified atom stereocenters. The fourth-order valence-electron chi connectivity index (χ4n) is 5.33. The van der Waals surface area contributed by atoms with Crippen LogP contribution in [0.5, 0.6) is 5.88 Å². The number of aromatic nitrogens is 3. The third-order valence-electron chi connectivity index (χ3n) is 7.73. The third-order valence-corrected chi connectivity index (χ3v) is 7.73. The third kappa shape index (κ3) is 5.56. The van der Waals surface area contributed by atoms with Crippen LogP contribution in [0.2, 0.25) is 0 Å². The van der Waals surface area contributed by atoms with Crippen LogP contribution in [0.3, 0.4) is 0 Å². The number of carbonyl (C=O) groups is 1. The predicted molar refractivity (Wildman–Crippen MR) is 144 cm³/mol. The molecular formula is C30H28F4N4O4. The largest absolute Gasteiger partial charge is 0.478 e. The average Bonchev–Trinajstić information content (AvgIpc) is 3.26. The van der Waals surface area contributed by atoms with E-state index in [2.05, 4.69) is 9.97 Å². The Hall–Kier alpha value is -4.03. The number of imidazole rings is 1. The predicted octanol–water partition coefficient (Wildman–Crippen LogP) is 5.52. The van der Waals surface area contributed by atoms with Gasteiger partial charge in [0, 0.05) is 19.7 Å². The number of nitrogens with zero attached hydrogens (tertiary/aromatic N) is 4. The van der Waals surface area contributed by atoms with E-state index in [9.17, 15) is 23.1 Å². The zero-order valence-electron chi connectivity index (χ0n) is 22.7. The number of ether oxygens (including phenoxy) is 2. The smallest absolute Gasteiger partial charge is 0.421 e. The highest BCUT2D eigenvalue weighted by molar-refractivity contribution is 5.93. The van der Waals surface area contributed by atoms with Gasteiger partial charge in [0.15, 0.2) is 5.82 Å². The molecule has 6 rings (SSSR count). The first-order valence-electron chi connectivity index (χ1n) is 13.6. The van der Waals surface area contributed by atoms with Crippen LogP contribution in [-0.2, 0) is 43.6 Å². The fourth-order valence-corrected chi connectivity index (χ4v) is 5.33. The quantitative estimate of drug-likeness (QED) is 0.273. The molecule has 0 radical (unpaired) electrons. The van der Waals surface area contributed by atoms with Crippen LogP contribution in [0.1, 0.15) is 50.6 Å². The van der Waals surface area contributed by atoms with Crippen LogP contribution in [0.25, 0.3) is 11.0 Å².